The van der Waals surface area contributed by atoms with Crippen molar-refractivity contribution >= 4 is 28.1 Å². The molecule has 0 atom stereocenters. The van der Waals surface area contributed by atoms with Crippen LogP contribution in [0, 0.1) is 0 Å². The molecule has 0 unspecified atom stereocenters. The third-order valence-electron chi connectivity index (χ3n) is 3.22. The van der Waals surface area contributed by atoms with Crippen LogP contribution in [0.2, 0.25) is 0 Å². The fourth-order valence-corrected chi connectivity index (χ4v) is 2.53. The van der Waals surface area contributed by atoms with Gasteiger partial charge in [-0.1, -0.05) is 6.92 Å². The number of hydrogen-bond acceptors (Lipinski definition) is 4. The monoisotopic (exact) mass is 404 g/mol. The zero-order chi connectivity index (χ0) is 18.1. The van der Waals surface area contributed by atoms with Gasteiger partial charge in [0, 0.05) is 5.56 Å². The van der Waals surface area contributed by atoms with Crippen LogP contribution in [0.4, 0.5) is 0 Å². The molecule has 0 bridgehead atoms. The van der Waals surface area contributed by atoms with Crippen LogP contribution in [0.3, 0.4) is 0 Å². The van der Waals surface area contributed by atoms with Crippen molar-refractivity contribution < 1.29 is 14.3 Å². The zero-order valence-corrected chi connectivity index (χ0v) is 15.9. The van der Waals surface area contributed by atoms with Crippen molar-refractivity contribution in [3.63, 3.8) is 0 Å². The second kappa shape index (κ2) is 9.84. The van der Waals surface area contributed by atoms with Crippen LogP contribution in [0.5, 0.6) is 11.5 Å². The van der Waals surface area contributed by atoms with Crippen LogP contribution < -0.4 is 14.9 Å². The first-order valence-electron chi connectivity index (χ1n) is 8.12. The maximum Gasteiger partial charge on any atom is 0.271 e. The van der Waals surface area contributed by atoms with E-state index in [2.05, 4.69) is 26.5 Å². The van der Waals surface area contributed by atoms with Crippen molar-refractivity contribution in [2.45, 2.75) is 20.3 Å². The molecular weight excluding hydrogens is 384 g/mol. The summed E-state index contributed by atoms with van der Waals surface area (Å²) in [6.07, 6.45) is 2.52. The number of hydrogen-bond donors (Lipinski definition) is 1. The fraction of sp³-hybridized carbons (Fsp3) is 0.263. The average Bonchev–Trinajstić information content (AvgIpc) is 2.62. The van der Waals surface area contributed by atoms with Crippen molar-refractivity contribution in [1.82, 2.24) is 5.43 Å². The highest BCUT2D eigenvalue weighted by Crippen LogP contribution is 2.25. The summed E-state index contributed by atoms with van der Waals surface area (Å²) in [5.74, 6) is 1.25. The standard InChI is InChI=1S/C19H21BrN2O3/c1-3-11-25-16-8-6-15(7-9-16)19(23)22-21-13-14-5-10-18(24-4-2)17(20)12-14/h5-10,12-13H,3-4,11H2,1-2H3,(H,22,23)/b21-13-. The highest BCUT2D eigenvalue weighted by atomic mass is 79.9. The van der Waals surface area contributed by atoms with Gasteiger partial charge in [0.05, 0.1) is 23.9 Å². The summed E-state index contributed by atoms with van der Waals surface area (Å²) in [5, 5.41) is 3.99. The summed E-state index contributed by atoms with van der Waals surface area (Å²) >= 11 is 3.44. The molecule has 0 aromatic heterocycles. The first-order valence-corrected chi connectivity index (χ1v) is 8.92. The summed E-state index contributed by atoms with van der Waals surface area (Å²) in [7, 11) is 0. The highest BCUT2D eigenvalue weighted by molar-refractivity contribution is 9.10. The number of ether oxygens (including phenoxy) is 2. The van der Waals surface area contributed by atoms with Crippen LogP contribution in [-0.4, -0.2) is 25.3 Å². The highest BCUT2D eigenvalue weighted by Gasteiger charge is 2.05. The van der Waals surface area contributed by atoms with E-state index in [1.807, 2.05) is 32.0 Å². The predicted molar refractivity (Wildman–Crippen MR) is 103 cm³/mol. The summed E-state index contributed by atoms with van der Waals surface area (Å²) in [6, 6.07) is 12.6. The Bertz CT molecular complexity index is 730. The zero-order valence-electron chi connectivity index (χ0n) is 14.3. The van der Waals surface area contributed by atoms with E-state index in [1.54, 1.807) is 30.5 Å². The number of nitrogens with one attached hydrogen (secondary N) is 1. The predicted octanol–water partition coefficient (Wildman–Crippen LogP) is 4.40. The average molecular weight is 405 g/mol. The third kappa shape index (κ3) is 5.90. The molecule has 0 radical (unpaired) electrons. The number of rotatable bonds is 8. The largest absolute Gasteiger partial charge is 0.494 e. The Kier molecular flexibility index (Phi) is 7.47. The van der Waals surface area contributed by atoms with Gasteiger partial charge in [-0.05, 0) is 77.3 Å². The Hall–Kier alpha value is -2.34. The van der Waals surface area contributed by atoms with E-state index in [0.29, 0.717) is 18.8 Å². The second-order valence-corrected chi connectivity index (χ2v) is 6.05. The van der Waals surface area contributed by atoms with Gasteiger partial charge in [-0.2, -0.15) is 5.10 Å². The molecule has 2 rings (SSSR count). The molecule has 1 amide bonds. The molecule has 132 valence electrons. The van der Waals surface area contributed by atoms with E-state index in [-0.39, 0.29) is 5.91 Å². The van der Waals surface area contributed by atoms with Gasteiger partial charge in [-0.3, -0.25) is 4.79 Å². The fourth-order valence-electron chi connectivity index (χ4n) is 2.02. The number of nitrogens with zero attached hydrogens (tertiary/aromatic N) is 1. The number of hydrazone groups is 1. The summed E-state index contributed by atoms with van der Waals surface area (Å²) in [5.41, 5.74) is 3.88. The van der Waals surface area contributed by atoms with Gasteiger partial charge >= 0.3 is 0 Å². The number of carbonyl (C=O) groups excluding carboxylic acids is 1. The molecule has 2 aromatic rings. The first kappa shape index (κ1) is 19.0. The molecular formula is C19H21BrN2O3. The van der Waals surface area contributed by atoms with Gasteiger partial charge in [0.1, 0.15) is 11.5 Å². The van der Waals surface area contributed by atoms with Crippen molar-refractivity contribution in [3.8, 4) is 11.5 Å². The number of amides is 1. The number of halogens is 1. The van der Waals surface area contributed by atoms with E-state index in [1.165, 1.54) is 0 Å². The molecule has 0 saturated heterocycles. The molecule has 2 aromatic carbocycles. The summed E-state index contributed by atoms with van der Waals surface area (Å²) in [4.78, 5) is 12.1. The normalized spacial score (nSPS) is 10.7. The van der Waals surface area contributed by atoms with Gasteiger partial charge in [-0.15, -0.1) is 0 Å². The van der Waals surface area contributed by atoms with Crippen LogP contribution in [0.15, 0.2) is 52.0 Å². The van der Waals surface area contributed by atoms with Gasteiger partial charge in [0.2, 0.25) is 0 Å². The van der Waals surface area contributed by atoms with E-state index in [4.69, 9.17) is 9.47 Å². The molecule has 0 fully saturated rings. The number of carbonyl (C=O) groups is 1. The number of benzene rings is 2. The Morgan fingerprint density at radius 3 is 2.56 bits per heavy atom. The van der Waals surface area contributed by atoms with Crippen LogP contribution in [-0.2, 0) is 0 Å². The topological polar surface area (TPSA) is 59.9 Å². The minimum Gasteiger partial charge on any atom is -0.494 e. The molecule has 1 N–H and O–H groups in total. The third-order valence-corrected chi connectivity index (χ3v) is 3.84. The van der Waals surface area contributed by atoms with Gasteiger partial charge in [0.15, 0.2) is 0 Å². The summed E-state index contributed by atoms with van der Waals surface area (Å²) in [6.45, 7) is 5.24. The molecule has 0 aliphatic carbocycles. The van der Waals surface area contributed by atoms with Crippen molar-refractivity contribution in [2.24, 2.45) is 5.10 Å². The minimum atomic E-state index is -0.275. The Balaban J connectivity index is 1.92. The van der Waals surface area contributed by atoms with Gasteiger partial charge in [0.25, 0.3) is 5.91 Å². The molecule has 0 spiro atoms. The maximum atomic E-state index is 12.1. The smallest absolute Gasteiger partial charge is 0.271 e. The lowest BCUT2D eigenvalue weighted by Gasteiger charge is -2.06. The lowest BCUT2D eigenvalue weighted by molar-refractivity contribution is 0.0955. The van der Waals surface area contributed by atoms with Crippen molar-refractivity contribution in [3.05, 3.63) is 58.1 Å². The quantitative estimate of drug-likeness (QED) is 0.523. The van der Waals surface area contributed by atoms with Crippen LogP contribution in [0.1, 0.15) is 36.2 Å². The van der Waals surface area contributed by atoms with E-state index >= 15 is 0 Å². The maximum absolute atomic E-state index is 12.1. The van der Waals surface area contributed by atoms with E-state index < -0.39 is 0 Å². The molecule has 0 aliphatic rings. The Morgan fingerprint density at radius 1 is 1.16 bits per heavy atom. The molecule has 0 saturated carbocycles. The Morgan fingerprint density at radius 2 is 1.92 bits per heavy atom. The van der Waals surface area contributed by atoms with Gasteiger partial charge in [-0.25, -0.2) is 5.43 Å². The van der Waals surface area contributed by atoms with Crippen LogP contribution in [0.25, 0.3) is 0 Å². The molecule has 5 nitrogen and oxygen atoms in total. The lowest BCUT2D eigenvalue weighted by atomic mass is 10.2. The van der Waals surface area contributed by atoms with Gasteiger partial charge < -0.3 is 9.47 Å². The van der Waals surface area contributed by atoms with E-state index in [9.17, 15) is 4.79 Å². The SMILES string of the molecule is CCCOc1ccc(C(=O)N/N=C\c2ccc(OCC)c(Br)c2)cc1. The van der Waals surface area contributed by atoms with Crippen LogP contribution >= 0.6 is 15.9 Å². The molecule has 6 heteroatoms. The second-order valence-electron chi connectivity index (χ2n) is 5.19. The minimum absolute atomic E-state index is 0.275. The molecule has 25 heavy (non-hydrogen) atoms. The molecule has 0 heterocycles. The van der Waals surface area contributed by atoms with E-state index in [0.717, 1.165) is 28.0 Å². The van der Waals surface area contributed by atoms with Crippen molar-refractivity contribution in [2.75, 3.05) is 13.2 Å². The first-order chi connectivity index (χ1) is 12.1. The lowest BCUT2D eigenvalue weighted by Crippen LogP contribution is -2.17. The van der Waals surface area contributed by atoms with Crippen molar-refractivity contribution in [1.29, 1.82) is 0 Å². The Labute approximate surface area is 156 Å². The summed E-state index contributed by atoms with van der Waals surface area (Å²) < 4.78 is 11.8. The molecule has 0 aliphatic heterocycles.